The summed E-state index contributed by atoms with van der Waals surface area (Å²) < 4.78 is 0. The van der Waals surface area contributed by atoms with Crippen LogP contribution in [0.2, 0.25) is 5.02 Å². The number of hydrogen-bond acceptors (Lipinski definition) is 3. The van der Waals surface area contributed by atoms with Crippen LogP contribution in [-0.4, -0.2) is 35.4 Å². The summed E-state index contributed by atoms with van der Waals surface area (Å²) in [5.74, 6) is 0.230. The summed E-state index contributed by atoms with van der Waals surface area (Å²) >= 11 is 7.86. The summed E-state index contributed by atoms with van der Waals surface area (Å²) in [7, 11) is 2.14. The standard InChI is InChI=1S/C11H14ClNOS/c1-13-5-4-9(7-13)15-11-3-2-8(14)6-10(11)12/h2-3,6,9,14H,4-5,7H2,1H3/t9-/m1/s1. The van der Waals surface area contributed by atoms with Gasteiger partial charge in [-0.25, -0.2) is 0 Å². The highest BCUT2D eigenvalue weighted by atomic mass is 35.5. The summed E-state index contributed by atoms with van der Waals surface area (Å²) in [6.45, 7) is 2.27. The predicted octanol–water partition coefficient (Wildman–Crippen LogP) is 2.84. The summed E-state index contributed by atoms with van der Waals surface area (Å²) in [6.07, 6.45) is 1.21. The molecule has 0 amide bonds. The SMILES string of the molecule is CN1CC[C@@H](Sc2ccc(O)cc2Cl)C1. The molecular formula is C11H14ClNOS. The van der Waals surface area contributed by atoms with Gasteiger partial charge in [-0.05, 0) is 38.2 Å². The molecule has 82 valence electrons. The van der Waals surface area contributed by atoms with Crippen molar-refractivity contribution >= 4 is 23.4 Å². The predicted molar refractivity (Wildman–Crippen MR) is 64.9 cm³/mol. The second-order valence-electron chi connectivity index (χ2n) is 3.91. The minimum absolute atomic E-state index is 0.230. The number of halogens is 1. The maximum absolute atomic E-state index is 9.24. The Hall–Kier alpha value is -0.380. The fourth-order valence-corrected chi connectivity index (χ4v) is 3.29. The lowest BCUT2D eigenvalue weighted by Crippen LogP contribution is -2.14. The molecular weight excluding hydrogens is 230 g/mol. The van der Waals surface area contributed by atoms with E-state index in [2.05, 4.69) is 11.9 Å². The van der Waals surface area contributed by atoms with E-state index in [1.54, 1.807) is 23.9 Å². The Balaban J connectivity index is 2.04. The third-order valence-electron chi connectivity index (χ3n) is 2.56. The molecule has 15 heavy (non-hydrogen) atoms. The molecule has 0 radical (unpaired) electrons. The summed E-state index contributed by atoms with van der Waals surface area (Å²) in [4.78, 5) is 3.39. The molecule has 1 atom stereocenters. The van der Waals surface area contributed by atoms with E-state index in [1.165, 1.54) is 6.42 Å². The molecule has 0 saturated carbocycles. The van der Waals surface area contributed by atoms with Crippen molar-refractivity contribution < 1.29 is 5.11 Å². The van der Waals surface area contributed by atoms with E-state index < -0.39 is 0 Å². The molecule has 1 aromatic rings. The quantitative estimate of drug-likeness (QED) is 0.864. The minimum atomic E-state index is 0.230. The fraction of sp³-hybridized carbons (Fsp3) is 0.455. The van der Waals surface area contributed by atoms with Gasteiger partial charge < -0.3 is 10.0 Å². The van der Waals surface area contributed by atoms with Gasteiger partial charge in [-0.1, -0.05) is 11.6 Å². The molecule has 0 aliphatic carbocycles. The van der Waals surface area contributed by atoms with Crippen LogP contribution in [0.15, 0.2) is 23.1 Å². The third kappa shape index (κ3) is 2.80. The van der Waals surface area contributed by atoms with E-state index >= 15 is 0 Å². The Morgan fingerprint density at radius 2 is 2.33 bits per heavy atom. The van der Waals surface area contributed by atoms with E-state index in [9.17, 15) is 5.11 Å². The molecule has 1 N–H and O–H groups in total. The van der Waals surface area contributed by atoms with Crippen LogP contribution in [0.1, 0.15) is 6.42 Å². The molecule has 1 aliphatic heterocycles. The van der Waals surface area contributed by atoms with Crippen molar-refractivity contribution in [1.29, 1.82) is 0 Å². The number of likely N-dealkylation sites (tertiary alicyclic amines) is 1. The highest BCUT2D eigenvalue weighted by Gasteiger charge is 2.21. The van der Waals surface area contributed by atoms with Crippen LogP contribution in [0.4, 0.5) is 0 Å². The van der Waals surface area contributed by atoms with E-state index in [-0.39, 0.29) is 5.75 Å². The maximum Gasteiger partial charge on any atom is 0.117 e. The highest BCUT2D eigenvalue weighted by Crippen LogP contribution is 2.35. The lowest BCUT2D eigenvalue weighted by Gasteiger charge is -2.11. The number of nitrogens with zero attached hydrogens (tertiary/aromatic N) is 1. The molecule has 0 spiro atoms. The second kappa shape index (κ2) is 4.64. The zero-order valence-electron chi connectivity index (χ0n) is 8.61. The highest BCUT2D eigenvalue weighted by molar-refractivity contribution is 8.00. The lowest BCUT2D eigenvalue weighted by molar-refractivity contribution is 0.419. The number of phenols is 1. The van der Waals surface area contributed by atoms with Crippen molar-refractivity contribution in [3.05, 3.63) is 23.2 Å². The molecule has 1 saturated heterocycles. The molecule has 4 heteroatoms. The first-order valence-corrected chi connectivity index (χ1v) is 6.24. The summed E-state index contributed by atoms with van der Waals surface area (Å²) in [6, 6.07) is 5.18. The molecule has 1 heterocycles. The zero-order valence-corrected chi connectivity index (χ0v) is 10.2. The average molecular weight is 244 g/mol. The molecule has 0 unspecified atom stereocenters. The van der Waals surface area contributed by atoms with Crippen molar-refractivity contribution in [2.75, 3.05) is 20.1 Å². The molecule has 1 aliphatic rings. The topological polar surface area (TPSA) is 23.5 Å². The molecule has 0 bridgehead atoms. The Kier molecular flexibility index (Phi) is 3.44. The molecule has 2 rings (SSSR count). The summed E-state index contributed by atoms with van der Waals surface area (Å²) in [5.41, 5.74) is 0. The van der Waals surface area contributed by atoms with Gasteiger partial charge in [-0.15, -0.1) is 11.8 Å². The Morgan fingerprint density at radius 3 is 2.93 bits per heavy atom. The van der Waals surface area contributed by atoms with Gasteiger partial charge in [-0.3, -0.25) is 0 Å². The number of phenolic OH excluding ortho intramolecular Hbond substituents is 1. The zero-order chi connectivity index (χ0) is 10.8. The van der Waals surface area contributed by atoms with Crippen LogP contribution >= 0.6 is 23.4 Å². The number of aromatic hydroxyl groups is 1. The fourth-order valence-electron chi connectivity index (χ4n) is 1.76. The van der Waals surface area contributed by atoms with Crippen LogP contribution in [0.5, 0.6) is 5.75 Å². The largest absolute Gasteiger partial charge is 0.508 e. The van der Waals surface area contributed by atoms with Crippen molar-refractivity contribution in [2.24, 2.45) is 0 Å². The first-order valence-electron chi connectivity index (χ1n) is 4.99. The van der Waals surface area contributed by atoms with Gasteiger partial charge in [0.05, 0.1) is 5.02 Å². The molecule has 1 aromatic carbocycles. The molecule has 2 nitrogen and oxygen atoms in total. The van der Waals surface area contributed by atoms with Crippen LogP contribution in [0.3, 0.4) is 0 Å². The smallest absolute Gasteiger partial charge is 0.117 e. The van der Waals surface area contributed by atoms with Crippen LogP contribution < -0.4 is 0 Å². The van der Waals surface area contributed by atoms with Gasteiger partial charge in [0.15, 0.2) is 0 Å². The number of benzene rings is 1. The van der Waals surface area contributed by atoms with Crippen LogP contribution in [-0.2, 0) is 0 Å². The van der Waals surface area contributed by atoms with Gasteiger partial charge in [0.1, 0.15) is 5.75 Å². The van der Waals surface area contributed by atoms with E-state index in [4.69, 9.17) is 11.6 Å². The van der Waals surface area contributed by atoms with Gasteiger partial charge in [0, 0.05) is 16.7 Å². The third-order valence-corrected chi connectivity index (χ3v) is 4.31. The van der Waals surface area contributed by atoms with Gasteiger partial charge in [0.25, 0.3) is 0 Å². The minimum Gasteiger partial charge on any atom is -0.508 e. The normalized spacial score (nSPS) is 22.1. The number of rotatable bonds is 2. The van der Waals surface area contributed by atoms with Gasteiger partial charge >= 0.3 is 0 Å². The van der Waals surface area contributed by atoms with Gasteiger partial charge in [0.2, 0.25) is 0 Å². The first-order chi connectivity index (χ1) is 7.15. The van der Waals surface area contributed by atoms with Crippen molar-refractivity contribution in [2.45, 2.75) is 16.6 Å². The van der Waals surface area contributed by atoms with Crippen molar-refractivity contribution in [3.8, 4) is 5.75 Å². The van der Waals surface area contributed by atoms with Crippen molar-refractivity contribution in [1.82, 2.24) is 4.90 Å². The first kappa shape index (κ1) is 11.1. The maximum atomic E-state index is 9.24. The Labute approximate surface area is 99.2 Å². The molecule has 1 fully saturated rings. The van der Waals surface area contributed by atoms with E-state index in [0.29, 0.717) is 10.3 Å². The van der Waals surface area contributed by atoms with E-state index in [1.807, 2.05) is 6.07 Å². The Bertz CT molecular complexity index is 358. The number of thioether (sulfide) groups is 1. The van der Waals surface area contributed by atoms with Gasteiger partial charge in [-0.2, -0.15) is 0 Å². The molecule has 0 aromatic heterocycles. The van der Waals surface area contributed by atoms with Crippen LogP contribution in [0.25, 0.3) is 0 Å². The lowest BCUT2D eigenvalue weighted by atomic mass is 10.3. The second-order valence-corrected chi connectivity index (χ2v) is 5.65. The Morgan fingerprint density at radius 1 is 1.53 bits per heavy atom. The average Bonchev–Trinajstić information content (AvgIpc) is 2.56. The monoisotopic (exact) mass is 243 g/mol. The number of hydrogen-bond donors (Lipinski definition) is 1. The van der Waals surface area contributed by atoms with E-state index in [0.717, 1.165) is 18.0 Å². The van der Waals surface area contributed by atoms with Crippen LogP contribution in [0, 0.1) is 0 Å². The summed E-state index contributed by atoms with van der Waals surface area (Å²) in [5, 5.41) is 10.5. The van der Waals surface area contributed by atoms with Crippen molar-refractivity contribution in [3.63, 3.8) is 0 Å².